The zero-order valence-corrected chi connectivity index (χ0v) is 18.0. The number of hydrogen-bond donors (Lipinski definition) is 0. The van der Waals surface area contributed by atoms with E-state index in [-0.39, 0.29) is 0 Å². The van der Waals surface area contributed by atoms with Gasteiger partial charge in [-0.15, -0.1) is 0 Å². The van der Waals surface area contributed by atoms with Crippen LogP contribution >= 0.6 is 0 Å². The number of para-hydroxylation sites is 1. The van der Waals surface area contributed by atoms with Gasteiger partial charge in [-0.1, -0.05) is 79.2 Å². The van der Waals surface area contributed by atoms with E-state index in [4.69, 9.17) is 4.99 Å². The van der Waals surface area contributed by atoms with Gasteiger partial charge in [-0.3, -0.25) is 0 Å². The number of aliphatic imine (C=N–C) groups is 1. The fraction of sp³-hybridized carbons (Fsp3) is 0.138. The zero-order valence-electron chi connectivity index (χ0n) is 18.0. The maximum Gasteiger partial charge on any atom is 0.0781 e. The van der Waals surface area contributed by atoms with Crippen LogP contribution in [-0.4, -0.2) is 10.3 Å². The predicted octanol–water partition coefficient (Wildman–Crippen LogP) is 7.68. The lowest BCUT2D eigenvalue weighted by Crippen LogP contribution is -2.03. The average Bonchev–Trinajstić information content (AvgIpc) is 3.13. The van der Waals surface area contributed by atoms with Crippen molar-refractivity contribution in [3.05, 3.63) is 114 Å². The van der Waals surface area contributed by atoms with Crippen molar-refractivity contribution in [1.82, 2.24) is 4.57 Å². The summed E-state index contributed by atoms with van der Waals surface area (Å²) in [5.41, 5.74) is 8.06. The van der Waals surface area contributed by atoms with Crippen LogP contribution in [0, 0.1) is 6.92 Å². The lowest BCUT2D eigenvalue weighted by atomic mass is 10.00. The van der Waals surface area contributed by atoms with Gasteiger partial charge in [-0.05, 0) is 43.7 Å². The molecule has 31 heavy (non-hydrogen) atoms. The summed E-state index contributed by atoms with van der Waals surface area (Å²) in [6.07, 6.45) is 1.11. The molecule has 0 saturated heterocycles. The third-order valence-corrected chi connectivity index (χ3v) is 5.82. The van der Waals surface area contributed by atoms with E-state index in [0.29, 0.717) is 0 Å². The van der Waals surface area contributed by atoms with Crippen molar-refractivity contribution in [3.63, 3.8) is 0 Å². The first kappa shape index (κ1) is 19.3. The molecule has 4 aromatic carbocycles. The topological polar surface area (TPSA) is 17.3 Å². The number of benzene rings is 4. The van der Waals surface area contributed by atoms with Crippen LogP contribution in [0.2, 0.25) is 0 Å². The van der Waals surface area contributed by atoms with Crippen LogP contribution in [0.4, 0.5) is 5.69 Å². The fourth-order valence-corrected chi connectivity index (χ4v) is 4.31. The molecule has 1 heterocycles. The van der Waals surface area contributed by atoms with Crippen LogP contribution < -0.4 is 0 Å². The maximum absolute atomic E-state index is 5.08. The molecule has 0 atom stereocenters. The summed E-state index contributed by atoms with van der Waals surface area (Å²) < 4.78 is 2.44. The van der Waals surface area contributed by atoms with Crippen LogP contribution in [0.25, 0.3) is 21.8 Å². The molecule has 5 aromatic rings. The summed E-state index contributed by atoms with van der Waals surface area (Å²) in [4.78, 5) is 5.08. The Balaban J connectivity index is 1.74. The Morgan fingerprint density at radius 1 is 0.710 bits per heavy atom. The molecule has 5 rings (SSSR count). The Morgan fingerprint density at radius 3 is 2.19 bits per heavy atom. The summed E-state index contributed by atoms with van der Waals surface area (Å²) in [5, 5.41) is 2.59. The smallest absolute Gasteiger partial charge is 0.0781 e. The predicted molar refractivity (Wildman–Crippen MR) is 133 cm³/mol. The van der Waals surface area contributed by atoms with Crippen molar-refractivity contribution in [2.24, 2.45) is 4.99 Å². The van der Waals surface area contributed by atoms with Crippen LogP contribution in [0.5, 0.6) is 0 Å². The summed E-state index contributed by atoms with van der Waals surface area (Å²) in [5.74, 6) is 0. The van der Waals surface area contributed by atoms with Crippen molar-refractivity contribution in [3.8, 4) is 0 Å². The first-order valence-electron chi connectivity index (χ1n) is 11.0. The number of fused-ring (bicyclic) bond motifs is 3. The van der Waals surface area contributed by atoms with Crippen molar-refractivity contribution in [1.29, 1.82) is 0 Å². The Hall–Kier alpha value is -3.65. The van der Waals surface area contributed by atoms with Gasteiger partial charge in [0.1, 0.15) is 0 Å². The van der Waals surface area contributed by atoms with E-state index in [2.05, 4.69) is 115 Å². The molecule has 0 amide bonds. The molecule has 0 saturated carbocycles. The molecule has 0 fully saturated rings. The first-order valence-corrected chi connectivity index (χ1v) is 11.0. The largest absolute Gasteiger partial charge is 0.340 e. The molecular formula is C29H26N2. The Bertz CT molecular complexity index is 1370. The van der Waals surface area contributed by atoms with Crippen molar-refractivity contribution < 1.29 is 0 Å². The molecule has 0 spiro atoms. The Morgan fingerprint density at radius 2 is 1.42 bits per heavy atom. The van der Waals surface area contributed by atoms with Gasteiger partial charge < -0.3 is 4.57 Å². The molecule has 2 nitrogen and oxygen atoms in total. The minimum atomic E-state index is 0.970. The first-order chi connectivity index (χ1) is 15.2. The van der Waals surface area contributed by atoms with Crippen molar-refractivity contribution in [2.45, 2.75) is 26.8 Å². The van der Waals surface area contributed by atoms with Gasteiger partial charge in [0.25, 0.3) is 0 Å². The molecule has 1 aromatic heterocycles. The lowest BCUT2D eigenvalue weighted by Gasteiger charge is -2.10. The monoisotopic (exact) mass is 402 g/mol. The minimum Gasteiger partial charge on any atom is -0.340 e. The Kier molecular flexibility index (Phi) is 5.13. The Labute approximate surface area is 183 Å². The summed E-state index contributed by atoms with van der Waals surface area (Å²) >= 11 is 0. The molecule has 0 aliphatic carbocycles. The van der Waals surface area contributed by atoms with Crippen LogP contribution in [0.15, 0.2) is 102 Å². The highest BCUT2D eigenvalue weighted by Crippen LogP contribution is 2.31. The molecule has 0 aliphatic heterocycles. The number of nitrogens with zero attached hydrogens (tertiary/aromatic N) is 2. The van der Waals surface area contributed by atoms with Gasteiger partial charge in [0.2, 0.25) is 0 Å². The minimum absolute atomic E-state index is 0.970. The molecule has 152 valence electrons. The van der Waals surface area contributed by atoms with E-state index < -0.39 is 0 Å². The summed E-state index contributed by atoms with van der Waals surface area (Å²) in [6, 6.07) is 34.4. The number of hydrogen-bond acceptors (Lipinski definition) is 1. The number of rotatable bonds is 5. The standard InChI is InChI=1S/C29H26N2/c1-3-19-31-27-12-8-7-11-25(27)26-20-23(15-18-28(26)31)29(22-9-5-4-6-10-22)30-24-16-13-21(2)14-17-24/h4-18,20H,3,19H2,1-2H3. The van der Waals surface area contributed by atoms with Gasteiger partial charge in [-0.2, -0.15) is 0 Å². The molecule has 0 bridgehead atoms. The van der Waals surface area contributed by atoms with Gasteiger partial charge in [0.05, 0.1) is 11.4 Å². The molecule has 0 N–H and O–H groups in total. The fourth-order valence-electron chi connectivity index (χ4n) is 4.31. The third kappa shape index (κ3) is 3.66. The van der Waals surface area contributed by atoms with Crippen LogP contribution in [-0.2, 0) is 6.54 Å². The molecule has 0 radical (unpaired) electrons. The van der Waals surface area contributed by atoms with Crippen LogP contribution in [0.3, 0.4) is 0 Å². The molecular weight excluding hydrogens is 376 g/mol. The average molecular weight is 403 g/mol. The van der Waals surface area contributed by atoms with E-state index in [0.717, 1.165) is 35.5 Å². The zero-order chi connectivity index (χ0) is 21.2. The molecule has 0 unspecified atom stereocenters. The quantitative estimate of drug-likeness (QED) is 0.268. The highest BCUT2D eigenvalue weighted by molar-refractivity contribution is 6.17. The molecule has 2 heteroatoms. The van der Waals surface area contributed by atoms with E-state index in [9.17, 15) is 0 Å². The van der Waals surface area contributed by atoms with E-state index in [1.54, 1.807) is 0 Å². The second-order valence-electron chi connectivity index (χ2n) is 8.06. The number of aryl methyl sites for hydroxylation is 2. The van der Waals surface area contributed by atoms with Gasteiger partial charge in [-0.25, -0.2) is 4.99 Å². The van der Waals surface area contributed by atoms with E-state index >= 15 is 0 Å². The maximum atomic E-state index is 5.08. The summed E-state index contributed by atoms with van der Waals surface area (Å²) in [7, 11) is 0. The summed E-state index contributed by atoms with van der Waals surface area (Å²) in [6.45, 7) is 5.36. The molecule has 0 aliphatic rings. The normalized spacial score (nSPS) is 12.0. The van der Waals surface area contributed by atoms with Crippen molar-refractivity contribution in [2.75, 3.05) is 0 Å². The second-order valence-corrected chi connectivity index (χ2v) is 8.06. The highest BCUT2D eigenvalue weighted by atomic mass is 15.0. The van der Waals surface area contributed by atoms with E-state index in [1.807, 2.05) is 0 Å². The van der Waals surface area contributed by atoms with Gasteiger partial charge >= 0.3 is 0 Å². The van der Waals surface area contributed by atoms with E-state index in [1.165, 1.54) is 27.4 Å². The third-order valence-electron chi connectivity index (χ3n) is 5.82. The lowest BCUT2D eigenvalue weighted by molar-refractivity contribution is 0.724. The second kappa shape index (κ2) is 8.23. The van der Waals surface area contributed by atoms with Gasteiger partial charge in [0.15, 0.2) is 0 Å². The number of aromatic nitrogens is 1. The van der Waals surface area contributed by atoms with Gasteiger partial charge in [0, 0.05) is 39.5 Å². The van der Waals surface area contributed by atoms with Crippen molar-refractivity contribution >= 4 is 33.2 Å². The SMILES string of the molecule is CCCn1c2ccccc2c2cc(C(=Nc3ccc(C)cc3)c3ccccc3)ccc21. The highest BCUT2D eigenvalue weighted by Gasteiger charge is 2.13. The van der Waals surface area contributed by atoms with Crippen LogP contribution in [0.1, 0.15) is 30.0 Å².